The molecule has 7 heteroatoms. The summed E-state index contributed by atoms with van der Waals surface area (Å²) in [5.74, 6) is 0. The maximum atomic E-state index is 12.7. The third-order valence-corrected chi connectivity index (χ3v) is 4.44. The largest absolute Gasteiger partial charge is 0.406 e. The van der Waals surface area contributed by atoms with Gasteiger partial charge in [0.1, 0.15) is 6.54 Å². The fourth-order valence-corrected chi connectivity index (χ4v) is 3.05. The van der Waals surface area contributed by atoms with Crippen molar-refractivity contribution in [2.45, 2.75) is 64.8 Å². The molecule has 1 aliphatic carbocycles. The number of hydrogen-bond acceptors (Lipinski definition) is 4. The van der Waals surface area contributed by atoms with Gasteiger partial charge in [0.2, 0.25) is 0 Å². The van der Waals surface area contributed by atoms with Crippen LogP contribution in [0.4, 0.5) is 18.3 Å². The van der Waals surface area contributed by atoms with Crippen molar-refractivity contribution in [3.8, 4) is 0 Å². The Morgan fingerprint density at radius 1 is 1.29 bits per heavy atom. The molecule has 0 unspecified atom stereocenters. The second kappa shape index (κ2) is 5.76. The molecule has 1 aromatic heterocycles. The molecule has 0 aliphatic heterocycles. The minimum Gasteiger partial charge on any atom is -0.336 e. The van der Waals surface area contributed by atoms with E-state index in [1.54, 1.807) is 0 Å². The third kappa shape index (κ3) is 5.14. The van der Waals surface area contributed by atoms with Crippen LogP contribution in [0.1, 0.15) is 44.2 Å². The van der Waals surface area contributed by atoms with Crippen LogP contribution in [0.25, 0.3) is 0 Å². The number of nitrogens with one attached hydrogen (secondary N) is 1. The third-order valence-electron chi connectivity index (χ3n) is 3.24. The van der Waals surface area contributed by atoms with Crippen LogP contribution >= 0.6 is 11.3 Å². The lowest BCUT2D eigenvalue weighted by atomic mass is 10.1. The molecule has 3 nitrogen and oxygen atoms in total. The first-order valence-corrected chi connectivity index (χ1v) is 7.91. The van der Waals surface area contributed by atoms with Crippen molar-refractivity contribution in [1.29, 1.82) is 0 Å². The summed E-state index contributed by atoms with van der Waals surface area (Å²) in [4.78, 5) is 6.78. The molecule has 2 rings (SSSR count). The number of halogens is 3. The highest BCUT2D eigenvalue weighted by molar-refractivity contribution is 7.15. The predicted molar refractivity (Wildman–Crippen MR) is 79.9 cm³/mol. The molecule has 0 amide bonds. The first-order valence-electron chi connectivity index (χ1n) is 7.10. The van der Waals surface area contributed by atoms with E-state index in [-0.39, 0.29) is 11.6 Å². The zero-order valence-electron chi connectivity index (χ0n) is 12.8. The molecule has 1 aliphatic rings. The van der Waals surface area contributed by atoms with Crippen molar-refractivity contribution in [3.05, 3.63) is 10.6 Å². The molecule has 0 radical (unpaired) electrons. The standard InChI is InChI=1S/C14H22F3N3S/c1-9-11(7-18-13(2,3)4)21-12(19-9)20(10-5-6-10)8-14(15,16)17/h10,18H,5-8H2,1-4H3. The normalized spacial score (nSPS) is 16.3. The first-order chi connectivity index (χ1) is 9.55. The van der Waals surface area contributed by atoms with Gasteiger partial charge in [-0.25, -0.2) is 4.98 Å². The summed E-state index contributed by atoms with van der Waals surface area (Å²) < 4.78 is 38.1. The molecule has 120 valence electrons. The Balaban J connectivity index is 2.11. The maximum absolute atomic E-state index is 12.7. The van der Waals surface area contributed by atoms with Gasteiger partial charge >= 0.3 is 6.18 Å². The van der Waals surface area contributed by atoms with Crippen LogP contribution in [0.2, 0.25) is 0 Å². The Hall–Kier alpha value is -0.820. The number of anilines is 1. The van der Waals surface area contributed by atoms with Crippen LogP contribution < -0.4 is 10.2 Å². The van der Waals surface area contributed by atoms with E-state index in [0.29, 0.717) is 11.7 Å². The van der Waals surface area contributed by atoms with Gasteiger partial charge in [-0.05, 0) is 40.5 Å². The average Bonchev–Trinajstić information content (AvgIpc) is 3.06. The van der Waals surface area contributed by atoms with E-state index in [4.69, 9.17) is 0 Å². The molecule has 0 bridgehead atoms. The summed E-state index contributed by atoms with van der Waals surface area (Å²) in [5.41, 5.74) is 0.790. The lowest BCUT2D eigenvalue weighted by molar-refractivity contribution is -0.120. The van der Waals surface area contributed by atoms with E-state index in [2.05, 4.69) is 31.1 Å². The SMILES string of the molecule is Cc1nc(N(CC(F)(F)F)C2CC2)sc1CNC(C)(C)C. The van der Waals surface area contributed by atoms with Crippen LogP contribution in [0, 0.1) is 6.92 Å². The maximum Gasteiger partial charge on any atom is 0.406 e. The fourth-order valence-electron chi connectivity index (χ4n) is 1.98. The van der Waals surface area contributed by atoms with Crippen molar-refractivity contribution in [3.63, 3.8) is 0 Å². The van der Waals surface area contributed by atoms with Crippen molar-refractivity contribution in [2.24, 2.45) is 0 Å². The summed E-state index contributed by atoms with van der Waals surface area (Å²) in [5, 5.41) is 3.85. The molecule has 0 spiro atoms. The monoisotopic (exact) mass is 321 g/mol. The summed E-state index contributed by atoms with van der Waals surface area (Å²) in [6.07, 6.45) is -2.54. The number of nitrogens with zero attached hydrogens (tertiary/aromatic N) is 2. The first kappa shape index (κ1) is 16.5. The molecule has 0 atom stereocenters. The zero-order valence-corrected chi connectivity index (χ0v) is 13.7. The predicted octanol–water partition coefficient (Wildman–Crippen LogP) is 3.87. The Morgan fingerprint density at radius 3 is 2.38 bits per heavy atom. The van der Waals surface area contributed by atoms with Crippen LogP contribution in [-0.2, 0) is 6.54 Å². The molecule has 21 heavy (non-hydrogen) atoms. The lowest BCUT2D eigenvalue weighted by Crippen LogP contribution is -2.36. The average molecular weight is 321 g/mol. The van der Waals surface area contributed by atoms with E-state index in [1.807, 2.05) is 6.92 Å². The van der Waals surface area contributed by atoms with Crippen molar-refractivity contribution < 1.29 is 13.2 Å². The van der Waals surface area contributed by atoms with Gasteiger partial charge in [-0.15, -0.1) is 11.3 Å². The highest BCUT2D eigenvalue weighted by Crippen LogP contribution is 2.37. The van der Waals surface area contributed by atoms with Crippen LogP contribution in [0.5, 0.6) is 0 Å². The van der Waals surface area contributed by atoms with Crippen LogP contribution in [0.15, 0.2) is 0 Å². The molecular formula is C14H22F3N3S. The Kier molecular flexibility index (Phi) is 4.54. The van der Waals surface area contributed by atoms with Crippen molar-refractivity contribution >= 4 is 16.5 Å². The second-order valence-electron chi connectivity index (χ2n) is 6.58. The molecule has 0 saturated heterocycles. The summed E-state index contributed by atoms with van der Waals surface area (Å²) in [7, 11) is 0. The Bertz CT molecular complexity index is 487. The highest BCUT2D eigenvalue weighted by Gasteiger charge is 2.39. The van der Waals surface area contributed by atoms with Gasteiger partial charge in [-0.1, -0.05) is 0 Å². The van der Waals surface area contributed by atoms with E-state index in [9.17, 15) is 13.2 Å². The highest BCUT2D eigenvalue weighted by atomic mass is 32.1. The minimum absolute atomic E-state index is 0.000556. The quantitative estimate of drug-likeness (QED) is 0.892. The molecule has 1 saturated carbocycles. The van der Waals surface area contributed by atoms with E-state index in [1.165, 1.54) is 16.2 Å². The van der Waals surface area contributed by atoms with E-state index >= 15 is 0 Å². The second-order valence-corrected chi connectivity index (χ2v) is 7.64. The number of thiazole rings is 1. The van der Waals surface area contributed by atoms with Gasteiger partial charge in [0.05, 0.1) is 5.69 Å². The summed E-state index contributed by atoms with van der Waals surface area (Å²) in [6.45, 7) is 7.77. The summed E-state index contributed by atoms with van der Waals surface area (Å²) in [6, 6.07) is 0.000556. The topological polar surface area (TPSA) is 28.2 Å². The van der Waals surface area contributed by atoms with Crippen LogP contribution in [-0.4, -0.2) is 29.3 Å². The van der Waals surface area contributed by atoms with Gasteiger partial charge in [-0.3, -0.25) is 0 Å². The van der Waals surface area contributed by atoms with Gasteiger partial charge in [0.15, 0.2) is 5.13 Å². The molecular weight excluding hydrogens is 299 g/mol. The number of alkyl halides is 3. The van der Waals surface area contributed by atoms with Crippen molar-refractivity contribution in [2.75, 3.05) is 11.4 Å². The van der Waals surface area contributed by atoms with E-state index in [0.717, 1.165) is 23.4 Å². The summed E-state index contributed by atoms with van der Waals surface area (Å²) >= 11 is 1.37. The number of hydrogen-bond donors (Lipinski definition) is 1. The molecule has 1 heterocycles. The molecule has 1 aromatic rings. The van der Waals surface area contributed by atoms with Crippen LogP contribution in [0.3, 0.4) is 0 Å². The molecule has 1 N–H and O–H groups in total. The Morgan fingerprint density at radius 2 is 1.90 bits per heavy atom. The van der Waals surface area contributed by atoms with Gasteiger partial charge in [-0.2, -0.15) is 13.2 Å². The van der Waals surface area contributed by atoms with Gasteiger partial charge < -0.3 is 10.2 Å². The lowest BCUT2D eigenvalue weighted by Gasteiger charge is -2.22. The Labute approximate surface area is 127 Å². The molecule has 1 fully saturated rings. The molecule has 0 aromatic carbocycles. The smallest absolute Gasteiger partial charge is 0.336 e. The van der Waals surface area contributed by atoms with Gasteiger partial charge in [0, 0.05) is 23.0 Å². The van der Waals surface area contributed by atoms with Crippen molar-refractivity contribution in [1.82, 2.24) is 10.3 Å². The van der Waals surface area contributed by atoms with E-state index < -0.39 is 12.7 Å². The zero-order chi connectivity index (χ0) is 15.8. The van der Waals surface area contributed by atoms with Gasteiger partial charge in [0.25, 0.3) is 0 Å². The minimum atomic E-state index is -4.19. The number of aryl methyl sites for hydroxylation is 1. The fraction of sp³-hybridized carbons (Fsp3) is 0.786. The number of aromatic nitrogens is 1. The number of rotatable bonds is 5.